The number of methoxy groups -OCH3 is 1. The quantitative estimate of drug-likeness (QED) is 0.766. The van der Waals surface area contributed by atoms with E-state index in [1.165, 1.54) is 24.9 Å². The second-order valence-electron chi connectivity index (χ2n) is 8.10. The van der Waals surface area contributed by atoms with Gasteiger partial charge in [0.1, 0.15) is 5.69 Å². The zero-order chi connectivity index (χ0) is 20.6. The molecule has 2 amide bonds. The Hall–Kier alpha value is -3.03. The summed E-state index contributed by atoms with van der Waals surface area (Å²) in [5.74, 6) is 0.673. The van der Waals surface area contributed by atoms with Crippen LogP contribution in [0.5, 0.6) is 11.5 Å². The molecule has 1 N–H and O–H groups in total. The number of aromatic nitrogens is 2. The van der Waals surface area contributed by atoms with Gasteiger partial charge in [0.2, 0.25) is 0 Å². The molecule has 29 heavy (non-hydrogen) atoms. The summed E-state index contributed by atoms with van der Waals surface area (Å²) in [6.07, 6.45) is 3.56. The highest BCUT2D eigenvalue weighted by atomic mass is 16.5. The van der Waals surface area contributed by atoms with Crippen LogP contribution in [-0.2, 0) is 24.3 Å². The summed E-state index contributed by atoms with van der Waals surface area (Å²) in [5.41, 5.74) is 2.92. The maximum Gasteiger partial charge on any atom is 0.272 e. The van der Waals surface area contributed by atoms with E-state index in [2.05, 4.69) is 10.4 Å². The van der Waals surface area contributed by atoms with Gasteiger partial charge in [-0.05, 0) is 48.4 Å². The van der Waals surface area contributed by atoms with E-state index in [0.717, 1.165) is 24.2 Å². The van der Waals surface area contributed by atoms with Gasteiger partial charge in [0.05, 0.1) is 7.11 Å². The number of carbonyl (C=O) groups is 2. The van der Waals surface area contributed by atoms with Crippen molar-refractivity contribution in [2.45, 2.75) is 32.4 Å². The molecule has 0 radical (unpaired) electrons. The van der Waals surface area contributed by atoms with Crippen LogP contribution in [0.4, 0.5) is 0 Å². The lowest BCUT2D eigenvalue weighted by atomic mass is 10.0. The molecule has 8 nitrogen and oxygen atoms in total. The fourth-order valence-electron chi connectivity index (χ4n) is 3.60. The van der Waals surface area contributed by atoms with Gasteiger partial charge in [0.25, 0.3) is 11.8 Å². The SMILES string of the molecule is COc1cc(CNC(=O)c2cc3n(n2)CC2(CC2)C3)ccc1OCC(=O)N(C)C. The molecule has 0 unspecified atom stereocenters. The fraction of sp³-hybridized carbons (Fsp3) is 0.476. The molecule has 2 heterocycles. The number of carbonyl (C=O) groups excluding carboxylic acids is 2. The number of ether oxygens (including phenoxy) is 2. The summed E-state index contributed by atoms with van der Waals surface area (Å²) in [4.78, 5) is 25.6. The minimum atomic E-state index is -0.187. The molecule has 1 aliphatic heterocycles. The van der Waals surface area contributed by atoms with Gasteiger partial charge in [-0.15, -0.1) is 0 Å². The van der Waals surface area contributed by atoms with Gasteiger partial charge < -0.3 is 19.7 Å². The van der Waals surface area contributed by atoms with Crippen LogP contribution in [0, 0.1) is 5.41 Å². The van der Waals surface area contributed by atoms with Crippen LogP contribution in [0.2, 0.25) is 0 Å². The highest BCUT2D eigenvalue weighted by Crippen LogP contribution is 2.53. The number of nitrogens with zero attached hydrogens (tertiary/aromatic N) is 3. The predicted octanol–water partition coefficient (Wildman–Crippen LogP) is 1.62. The molecule has 1 fully saturated rings. The van der Waals surface area contributed by atoms with Gasteiger partial charge in [-0.2, -0.15) is 5.10 Å². The second-order valence-corrected chi connectivity index (χ2v) is 8.10. The Morgan fingerprint density at radius 1 is 1.24 bits per heavy atom. The molecule has 0 atom stereocenters. The van der Waals surface area contributed by atoms with Gasteiger partial charge in [0, 0.05) is 32.9 Å². The van der Waals surface area contributed by atoms with E-state index in [1.54, 1.807) is 26.2 Å². The van der Waals surface area contributed by atoms with Crippen LogP contribution < -0.4 is 14.8 Å². The molecule has 1 aromatic heterocycles. The molecule has 1 saturated carbocycles. The van der Waals surface area contributed by atoms with Crippen LogP contribution in [0.1, 0.15) is 34.6 Å². The van der Waals surface area contributed by atoms with Crippen molar-refractivity contribution < 1.29 is 19.1 Å². The minimum absolute atomic E-state index is 0.0638. The maximum absolute atomic E-state index is 12.5. The zero-order valence-corrected chi connectivity index (χ0v) is 17.0. The summed E-state index contributed by atoms with van der Waals surface area (Å²) < 4.78 is 12.9. The Kier molecular flexibility index (Phi) is 4.94. The van der Waals surface area contributed by atoms with E-state index < -0.39 is 0 Å². The van der Waals surface area contributed by atoms with Gasteiger partial charge in [-0.3, -0.25) is 14.3 Å². The maximum atomic E-state index is 12.5. The van der Waals surface area contributed by atoms with E-state index in [1.807, 2.05) is 16.8 Å². The molecule has 0 saturated heterocycles. The number of fused-ring (bicyclic) bond motifs is 1. The van der Waals surface area contributed by atoms with Gasteiger partial charge >= 0.3 is 0 Å². The van der Waals surface area contributed by atoms with Crippen molar-refractivity contribution in [2.24, 2.45) is 5.41 Å². The van der Waals surface area contributed by atoms with Crippen LogP contribution in [0.3, 0.4) is 0 Å². The highest BCUT2D eigenvalue weighted by Gasteiger charge is 2.48. The van der Waals surface area contributed by atoms with E-state index >= 15 is 0 Å². The topological polar surface area (TPSA) is 85.7 Å². The molecule has 1 spiro atoms. The van der Waals surface area contributed by atoms with Crippen molar-refractivity contribution in [3.8, 4) is 11.5 Å². The van der Waals surface area contributed by atoms with E-state index in [-0.39, 0.29) is 18.4 Å². The fourth-order valence-corrected chi connectivity index (χ4v) is 3.60. The molecule has 2 aromatic rings. The third kappa shape index (κ3) is 4.06. The van der Waals surface area contributed by atoms with Crippen molar-refractivity contribution in [3.05, 3.63) is 41.2 Å². The van der Waals surface area contributed by atoms with Crippen LogP contribution in [0.15, 0.2) is 24.3 Å². The first-order valence-electron chi connectivity index (χ1n) is 9.74. The molecule has 8 heteroatoms. The largest absolute Gasteiger partial charge is 0.493 e. The second kappa shape index (κ2) is 7.42. The smallest absolute Gasteiger partial charge is 0.272 e. The number of nitrogens with one attached hydrogen (secondary N) is 1. The first kappa shape index (κ1) is 19.3. The summed E-state index contributed by atoms with van der Waals surface area (Å²) in [6, 6.07) is 7.27. The van der Waals surface area contributed by atoms with E-state index in [4.69, 9.17) is 9.47 Å². The van der Waals surface area contributed by atoms with E-state index in [0.29, 0.717) is 29.2 Å². The number of hydrogen-bond donors (Lipinski definition) is 1. The van der Waals surface area contributed by atoms with E-state index in [9.17, 15) is 9.59 Å². The molecule has 1 aromatic carbocycles. The standard InChI is InChI=1S/C21H26N4O4/c1-24(2)19(26)12-29-17-5-4-14(8-18(17)28-3)11-22-20(27)16-9-15-10-21(6-7-21)13-25(15)23-16/h4-5,8-9H,6-7,10-13H2,1-3H3,(H,22,27). The number of likely N-dealkylation sites (N-methyl/N-ethyl adjacent to an activating group) is 1. The molecular weight excluding hydrogens is 372 g/mol. The number of amides is 2. The summed E-state index contributed by atoms with van der Waals surface area (Å²) in [5, 5.41) is 7.37. The van der Waals surface area contributed by atoms with Crippen molar-refractivity contribution in [3.63, 3.8) is 0 Å². The third-order valence-corrected chi connectivity index (χ3v) is 5.63. The summed E-state index contributed by atoms with van der Waals surface area (Å²) in [7, 11) is 4.89. The molecular formula is C21H26N4O4. The lowest BCUT2D eigenvalue weighted by Gasteiger charge is -2.14. The number of benzene rings is 1. The Morgan fingerprint density at radius 2 is 2.03 bits per heavy atom. The zero-order valence-electron chi connectivity index (χ0n) is 17.0. The van der Waals surface area contributed by atoms with Crippen LogP contribution in [0.25, 0.3) is 0 Å². The summed E-state index contributed by atoms with van der Waals surface area (Å²) >= 11 is 0. The van der Waals surface area contributed by atoms with Gasteiger partial charge in [-0.1, -0.05) is 6.07 Å². The predicted molar refractivity (Wildman–Crippen MR) is 106 cm³/mol. The lowest BCUT2D eigenvalue weighted by molar-refractivity contribution is -0.130. The van der Waals surface area contributed by atoms with Gasteiger partial charge in [-0.25, -0.2) is 0 Å². The molecule has 154 valence electrons. The van der Waals surface area contributed by atoms with Crippen molar-refractivity contribution in [1.29, 1.82) is 0 Å². The molecule has 4 rings (SSSR count). The Morgan fingerprint density at radius 3 is 2.69 bits per heavy atom. The molecule has 2 aliphatic rings. The Labute approximate surface area is 169 Å². The normalized spacial score (nSPS) is 15.7. The summed E-state index contributed by atoms with van der Waals surface area (Å²) in [6.45, 7) is 1.22. The molecule has 0 bridgehead atoms. The van der Waals surface area contributed by atoms with Crippen LogP contribution in [-0.4, -0.2) is 54.3 Å². The Bertz CT molecular complexity index is 921. The highest BCUT2D eigenvalue weighted by molar-refractivity contribution is 5.92. The van der Waals surface area contributed by atoms with Crippen molar-refractivity contribution >= 4 is 11.8 Å². The van der Waals surface area contributed by atoms with Crippen LogP contribution >= 0.6 is 0 Å². The first-order valence-corrected chi connectivity index (χ1v) is 9.74. The molecule has 1 aliphatic carbocycles. The monoisotopic (exact) mass is 398 g/mol. The number of rotatable bonds is 7. The van der Waals surface area contributed by atoms with Crippen molar-refractivity contribution in [1.82, 2.24) is 20.0 Å². The van der Waals surface area contributed by atoms with Crippen molar-refractivity contribution in [2.75, 3.05) is 27.8 Å². The first-order chi connectivity index (χ1) is 13.9. The number of hydrogen-bond acceptors (Lipinski definition) is 5. The average Bonchev–Trinajstić information content (AvgIpc) is 3.21. The third-order valence-electron chi connectivity index (χ3n) is 5.63. The minimum Gasteiger partial charge on any atom is -0.493 e. The van der Waals surface area contributed by atoms with Gasteiger partial charge in [0.15, 0.2) is 18.1 Å². The average molecular weight is 398 g/mol. The Balaban J connectivity index is 1.34. The lowest BCUT2D eigenvalue weighted by Crippen LogP contribution is -2.27.